The van der Waals surface area contributed by atoms with Crippen molar-refractivity contribution in [3.05, 3.63) is 31.1 Å². The summed E-state index contributed by atoms with van der Waals surface area (Å²) in [5.41, 5.74) is 1.33. The average Bonchev–Trinajstić information content (AvgIpc) is 2.30. The highest BCUT2D eigenvalue weighted by molar-refractivity contribution is 5.44. The van der Waals surface area contributed by atoms with Crippen LogP contribution in [0, 0.1) is 5.92 Å². The third-order valence-corrected chi connectivity index (χ3v) is 3.19. The van der Waals surface area contributed by atoms with Gasteiger partial charge in [0.25, 0.3) is 0 Å². The lowest BCUT2D eigenvalue weighted by Gasteiger charge is -2.31. The van der Waals surface area contributed by atoms with Gasteiger partial charge in [-0.1, -0.05) is 6.92 Å². The Morgan fingerprint density at radius 1 is 1.33 bits per heavy atom. The van der Waals surface area contributed by atoms with Crippen molar-refractivity contribution in [1.29, 1.82) is 0 Å². The van der Waals surface area contributed by atoms with Crippen LogP contribution in [0.15, 0.2) is 31.1 Å². The van der Waals surface area contributed by atoms with E-state index in [1.807, 2.05) is 10.8 Å². The number of aromatic nitrogens is 1. The largest absolute Gasteiger partial charge is 0.371 e. The van der Waals surface area contributed by atoms with E-state index in [9.17, 15) is 0 Å². The van der Waals surface area contributed by atoms with Gasteiger partial charge in [0.1, 0.15) is 0 Å². The second-order valence-electron chi connectivity index (χ2n) is 4.36. The first-order valence-corrected chi connectivity index (χ1v) is 5.68. The fraction of sp³-hybridized carbons (Fsp3) is 0.462. The van der Waals surface area contributed by atoms with Crippen molar-refractivity contribution < 1.29 is 4.57 Å². The molecule has 1 aliphatic rings. The SMILES string of the molecule is C=C[n+]1ccc(N2CCC(C)CC2)cc1. The van der Waals surface area contributed by atoms with Gasteiger partial charge < -0.3 is 4.90 Å². The molecule has 2 heteroatoms. The standard InChI is InChI=1S/C13H19N2/c1-3-14-8-6-13(7-9-14)15-10-4-12(2)5-11-15/h3,6-9,12H,1,4-5,10-11H2,2H3/q+1. The van der Waals surface area contributed by atoms with Crippen LogP contribution in [0.2, 0.25) is 0 Å². The fourth-order valence-corrected chi connectivity index (χ4v) is 2.03. The summed E-state index contributed by atoms with van der Waals surface area (Å²) in [5, 5.41) is 0. The molecule has 2 rings (SSSR count). The smallest absolute Gasteiger partial charge is 0.176 e. The van der Waals surface area contributed by atoms with Crippen molar-refractivity contribution in [2.45, 2.75) is 19.8 Å². The van der Waals surface area contributed by atoms with Crippen molar-refractivity contribution in [2.75, 3.05) is 18.0 Å². The van der Waals surface area contributed by atoms with E-state index in [0.717, 1.165) is 5.92 Å². The molecule has 0 N–H and O–H groups in total. The van der Waals surface area contributed by atoms with E-state index in [1.165, 1.54) is 31.6 Å². The van der Waals surface area contributed by atoms with Gasteiger partial charge in [-0.25, -0.2) is 0 Å². The van der Waals surface area contributed by atoms with Gasteiger partial charge in [0.15, 0.2) is 18.6 Å². The van der Waals surface area contributed by atoms with Gasteiger partial charge in [-0.2, -0.15) is 4.57 Å². The monoisotopic (exact) mass is 203 g/mol. The minimum Gasteiger partial charge on any atom is -0.371 e. The molecule has 0 aromatic carbocycles. The zero-order chi connectivity index (χ0) is 10.7. The molecule has 0 amide bonds. The van der Waals surface area contributed by atoms with Crippen molar-refractivity contribution in [2.24, 2.45) is 5.92 Å². The molecule has 0 radical (unpaired) electrons. The van der Waals surface area contributed by atoms with Gasteiger partial charge in [0.05, 0.1) is 0 Å². The molecule has 0 bridgehead atoms. The first-order valence-electron chi connectivity index (χ1n) is 5.68. The first-order chi connectivity index (χ1) is 7.29. The van der Waals surface area contributed by atoms with E-state index in [0.29, 0.717) is 0 Å². The van der Waals surface area contributed by atoms with E-state index >= 15 is 0 Å². The molecule has 0 spiro atoms. The van der Waals surface area contributed by atoms with E-state index in [1.54, 1.807) is 0 Å². The van der Waals surface area contributed by atoms with Crippen LogP contribution >= 0.6 is 0 Å². The summed E-state index contributed by atoms with van der Waals surface area (Å²) < 4.78 is 1.97. The van der Waals surface area contributed by atoms with Crippen molar-refractivity contribution in [1.82, 2.24) is 0 Å². The molecular weight excluding hydrogens is 184 g/mol. The molecule has 2 nitrogen and oxygen atoms in total. The van der Waals surface area contributed by atoms with Crippen molar-refractivity contribution in [3.63, 3.8) is 0 Å². The fourth-order valence-electron chi connectivity index (χ4n) is 2.03. The molecule has 0 atom stereocenters. The number of piperidine rings is 1. The van der Waals surface area contributed by atoms with Crippen LogP contribution in [-0.2, 0) is 0 Å². The van der Waals surface area contributed by atoms with Crippen LogP contribution in [0.1, 0.15) is 19.8 Å². The Morgan fingerprint density at radius 2 is 1.93 bits per heavy atom. The normalized spacial score (nSPS) is 17.8. The third kappa shape index (κ3) is 2.38. The van der Waals surface area contributed by atoms with Crippen LogP contribution in [0.3, 0.4) is 0 Å². The molecule has 1 fully saturated rings. The van der Waals surface area contributed by atoms with Gasteiger partial charge in [-0.15, -0.1) is 0 Å². The van der Waals surface area contributed by atoms with Gasteiger partial charge in [-0.05, 0) is 25.3 Å². The lowest BCUT2D eigenvalue weighted by atomic mass is 9.99. The number of hydrogen-bond acceptors (Lipinski definition) is 1. The van der Waals surface area contributed by atoms with E-state index in [2.05, 4.69) is 42.9 Å². The molecule has 1 aromatic heterocycles. The van der Waals surface area contributed by atoms with Crippen molar-refractivity contribution in [3.8, 4) is 0 Å². The second kappa shape index (κ2) is 4.47. The van der Waals surface area contributed by atoms with Crippen LogP contribution in [0.5, 0.6) is 0 Å². The maximum Gasteiger partial charge on any atom is 0.176 e. The third-order valence-electron chi connectivity index (χ3n) is 3.19. The van der Waals surface area contributed by atoms with Crippen molar-refractivity contribution >= 4 is 11.9 Å². The molecular formula is C13H19N2+. The highest BCUT2D eigenvalue weighted by Gasteiger charge is 2.16. The molecule has 1 aliphatic heterocycles. The predicted molar refractivity (Wildman–Crippen MR) is 63.6 cm³/mol. The van der Waals surface area contributed by atoms with E-state index in [-0.39, 0.29) is 0 Å². The lowest BCUT2D eigenvalue weighted by molar-refractivity contribution is -0.567. The highest BCUT2D eigenvalue weighted by Crippen LogP contribution is 2.21. The minimum absolute atomic E-state index is 0.892. The van der Waals surface area contributed by atoms with Crippen LogP contribution in [0.25, 0.3) is 6.20 Å². The Kier molecular flexibility index (Phi) is 3.05. The summed E-state index contributed by atoms with van der Waals surface area (Å²) in [6.45, 7) is 8.46. The van der Waals surface area contributed by atoms with Gasteiger partial charge in [0, 0.05) is 30.9 Å². The van der Waals surface area contributed by atoms with E-state index in [4.69, 9.17) is 0 Å². The Morgan fingerprint density at radius 3 is 2.47 bits per heavy atom. The number of pyridine rings is 1. The summed E-state index contributed by atoms with van der Waals surface area (Å²) in [6, 6.07) is 4.33. The number of hydrogen-bond donors (Lipinski definition) is 0. The predicted octanol–water partition coefficient (Wildman–Crippen LogP) is 2.31. The molecule has 1 aromatic rings. The topological polar surface area (TPSA) is 7.12 Å². The first kappa shape index (κ1) is 10.2. The quantitative estimate of drug-likeness (QED) is 0.669. The zero-order valence-electron chi connectivity index (χ0n) is 9.39. The molecule has 0 unspecified atom stereocenters. The average molecular weight is 203 g/mol. The Balaban J connectivity index is 2.06. The summed E-state index contributed by atoms with van der Waals surface area (Å²) in [4.78, 5) is 2.47. The Hall–Kier alpha value is -1.31. The Labute approximate surface area is 91.8 Å². The molecule has 0 aliphatic carbocycles. The van der Waals surface area contributed by atoms with Gasteiger partial charge in [-0.3, -0.25) is 0 Å². The summed E-state index contributed by atoms with van der Waals surface area (Å²) in [6.07, 6.45) is 8.55. The van der Waals surface area contributed by atoms with Crippen LogP contribution in [0.4, 0.5) is 5.69 Å². The summed E-state index contributed by atoms with van der Waals surface area (Å²) in [5.74, 6) is 0.892. The zero-order valence-corrected chi connectivity index (χ0v) is 9.39. The van der Waals surface area contributed by atoms with Gasteiger partial charge >= 0.3 is 0 Å². The number of rotatable bonds is 2. The molecule has 80 valence electrons. The Bertz CT molecular complexity index is 321. The summed E-state index contributed by atoms with van der Waals surface area (Å²) in [7, 11) is 0. The summed E-state index contributed by atoms with van der Waals surface area (Å²) >= 11 is 0. The highest BCUT2D eigenvalue weighted by atomic mass is 15.1. The van der Waals surface area contributed by atoms with Gasteiger partial charge in [0.2, 0.25) is 0 Å². The van der Waals surface area contributed by atoms with Crippen LogP contribution < -0.4 is 9.47 Å². The molecule has 15 heavy (non-hydrogen) atoms. The molecule has 0 saturated carbocycles. The maximum atomic E-state index is 3.73. The number of anilines is 1. The minimum atomic E-state index is 0.892. The molecule has 1 saturated heterocycles. The molecule has 2 heterocycles. The maximum absolute atomic E-state index is 3.73. The number of nitrogens with zero attached hydrogens (tertiary/aromatic N) is 2. The second-order valence-corrected chi connectivity index (χ2v) is 4.36. The van der Waals surface area contributed by atoms with E-state index < -0.39 is 0 Å². The lowest BCUT2D eigenvalue weighted by Crippen LogP contribution is -2.33. The van der Waals surface area contributed by atoms with Crippen LogP contribution in [-0.4, -0.2) is 13.1 Å².